The van der Waals surface area contributed by atoms with Crippen LogP contribution >= 0.6 is 0 Å². The van der Waals surface area contributed by atoms with Gasteiger partial charge in [0.25, 0.3) is 0 Å². The Kier molecular flexibility index (Phi) is 26.4. The summed E-state index contributed by atoms with van der Waals surface area (Å²) in [6.07, 6.45) is 6.52. The van der Waals surface area contributed by atoms with E-state index in [0.29, 0.717) is 85.5 Å². The highest BCUT2D eigenvalue weighted by Crippen LogP contribution is 2.05. The van der Waals surface area contributed by atoms with Crippen LogP contribution in [-0.2, 0) is 42.8 Å². The number of hydrogen-bond acceptors (Lipinski definition) is 9. The number of aliphatic carboxylic acids is 1. The van der Waals surface area contributed by atoms with Gasteiger partial charge in [-0.25, -0.2) is 0 Å². The van der Waals surface area contributed by atoms with E-state index < -0.39 is 5.97 Å². The van der Waals surface area contributed by atoms with Crippen molar-refractivity contribution in [1.29, 1.82) is 0 Å². The summed E-state index contributed by atoms with van der Waals surface area (Å²) in [5.41, 5.74) is 0. The largest absolute Gasteiger partial charge is 0.481 e. The third-order valence-corrected chi connectivity index (χ3v) is 4.82. The maximum atomic E-state index is 11.6. The van der Waals surface area contributed by atoms with Crippen LogP contribution in [-0.4, -0.2) is 102 Å². The molecule has 0 rings (SSSR count). The predicted octanol–water partition coefficient (Wildman–Crippen LogP) is 2.34. The summed E-state index contributed by atoms with van der Waals surface area (Å²) in [6, 6.07) is 0. The number of carboxylic acid groups (broad SMARTS) is 1. The number of hydrogen-bond donors (Lipinski definition) is 2. The molecule has 0 saturated carbocycles. The third-order valence-electron chi connectivity index (χ3n) is 4.82. The first kappa shape index (κ1) is 34.2. The van der Waals surface area contributed by atoms with Gasteiger partial charge in [0, 0.05) is 26.0 Å². The van der Waals surface area contributed by atoms with Gasteiger partial charge in [0.2, 0.25) is 5.91 Å². The van der Waals surface area contributed by atoms with Crippen molar-refractivity contribution in [2.75, 3.05) is 79.2 Å². The Hall–Kier alpha value is -1.79. The average molecular weight is 522 g/mol. The molecule has 0 aliphatic carbocycles. The van der Waals surface area contributed by atoms with Crippen molar-refractivity contribution < 1.29 is 47.9 Å². The van der Waals surface area contributed by atoms with Gasteiger partial charge in [-0.15, -0.1) is 0 Å². The second kappa shape index (κ2) is 27.8. The summed E-state index contributed by atoms with van der Waals surface area (Å²) in [6.45, 7) is 7.41. The molecule has 0 spiro atoms. The van der Waals surface area contributed by atoms with Crippen LogP contribution in [0.1, 0.15) is 64.7 Å². The molecule has 0 aromatic heterocycles. The van der Waals surface area contributed by atoms with Crippen molar-refractivity contribution in [1.82, 2.24) is 5.32 Å². The Balaban J connectivity index is 3.16. The lowest BCUT2D eigenvalue weighted by atomic mass is 10.1. The molecular weight excluding hydrogens is 474 g/mol. The van der Waals surface area contributed by atoms with Gasteiger partial charge in [-0.1, -0.05) is 32.6 Å². The molecular formula is C25H47NO10. The fourth-order valence-corrected chi connectivity index (χ4v) is 2.85. The van der Waals surface area contributed by atoms with Crippen LogP contribution < -0.4 is 5.32 Å². The van der Waals surface area contributed by atoms with Gasteiger partial charge in [0.15, 0.2) is 0 Å². The molecule has 11 nitrogen and oxygen atoms in total. The number of esters is 1. The van der Waals surface area contributed by atoms with Crippen molar-refractivity contribution in [2.45, 2.75) is 64.7 Å². The van der Waals surface area contributed by atoms with Crippen LogP contribution in [0.5, 0.6) is 0 Å². The molecule has 36 heavy (non-hydrogen) atoms. The van der Waals surface area contributed by atoms with Crippen molar-refractivity contribution >= 4 is 17.8 Å². The smallest absolute Gasteiger partial charge is 0.305 e. The monoisotopic (exact) mass is 521 g/mol. The number of nitrogens with one attached hydrogen (secondary N) is 1. The molecule has 212 valence electrons. The summed E-state index contributed by atoms with van der Waals surface area (Å²) in [4.78, 5) is 33.2. The Morgan fingerprint density at radius 2 is 1.08 bits per heavy atom. The quantitative estimate of drug-likeness (QED) is 0.116. The molecule has 0 atom stereocenters. The van der Waals surface area contributed by atoms with Gasteiger partial charge in [-0.05, 0) is 12.8 Å². The highest BCUT2D eigenvalue weighted by atomic mass is 16.6. The van der Waals surface area contributed by atoms with Gasteiger partial charge in [0.1, 0.15) is 6.61 Å². The van der Waals surface area contributed by atoms with Crippen LogP contribution in [0.3, 0.4) is 0 Å². The SMILES string of the molecule is CCCCCCCC(=O)OCCOCCOCCOCCOCCOCCCNC(=O)CCC(=O)O. The van der Waals surface area contributed by atoms with E-state index in [1.165, 1.54) is 19.3 Å². The van der Waals surface area contributed by atoms with Crippen LogP contribution in [0.2, 0.25) is 0 Å². The molecule has 0 aliphatic rings. The Morgan fingerprint density at radius 3 is 1.61 bits per heavy atom. The number of carbonyl (C=O) groups excluding carboxylic acids is 2. The molecule has 0 aromatic rings. The summed E-state index contributed by atoms with van der Waals surface area (Å²) in [7, 11) is 0. The Bertz CT molecular complexity index is 533. The van der Waals surface area contributed by atoms with E-state index in [4.69, 9.17) is 33.5 Å². The van der Waals surface area contributed by atoms with Gasteiger partial charge < -0.3 is 38.8 Å². The van der Waals surface area contributed by atoms with Crippen molar-refractivity contribution in [3.8, 4) is 0 Å². The lowest BCUT2D eigenvalue weighted by Gasteiger charge is -2.08. The van der Waals surface area contributed by atoms with E-state index in [9.17, 15) is 14.4 Å². The minimum Gasteiger partial charge on any atom is -0.481 e. The molecule has 11 heteroatoms. The summed E-state index contributed by atoms with van der Waals surface area (Å²) >= 11 is 0. The Labute approximate surface area is 215 Å². The van der Waals surface area contributed by atoms with Crippen molar-refractivity contribution in [3.63, 3.8) is 0 Å². The normalized spacial score (nSPS) is 10.9. The minimum atomic E-state index is -0.982. The molecule has 0 fully saturated rings. The molecule has 0 heterocycles. The third kappa shape index (κ3) is 28.4. The van der Waals surface area contributed by atoms with E-state index in [1.54, 1.807) is 0 Å². The minimum absolute atomic E-state index is 0.00796. The van der Waals surface area contributed by atoms with Gasteiger partial charge in [-0.3, -0.25) is 14.4 Å². The van der Waals surface area contributed by atoms with E-state index in [1.807, 2.05) is 0 Å². The van der Waals surface area contributed by atoms with E-state index in [-0.39, 0.29) is 31.3 Å². The van der Waals surface area contributed by atoms with Crippen LogP contribution in [0.25, 0.3) is 0 Å². The van der Waals surface area contributed by atoms with Gasteiger partial charge in [-0.2, -0.15) is 0 Å². The summed E-state index contributed by atoms with van der Waals surface area (Å²) in [5.74, 6) is -1.41. The van der Waals surface area contributed by atoms with E-state index in [2.05, 4.69) is 12.2 Å². The zero-order chi connectivity index (χ0) is 26.5. The number of rotatable bonds is 28. The number of amides is 1. The van der Waals surface area contributed by atoms with Crippen LogP contribution in [0.15, 0.2) is 0 Å². The number of ether oxygens (including phenoxy) is 6. The summed E-state index contributed by atoms with van der Waals surface area (Å²) < 4.78 is 32.1. The van der Waals surface area contributed by atoms with Crippen molar-refractivity contribution in [2.24, 2.45) is 0 Å². The van der Waals surface area contributed by atoms with E-state index in [0.717, 1.165) is 12.8 Å². The second-order valence-electron chi connectivity index (χ2n) is 8.04. The Morgan fingerprint density at radius 1 is 0.583 bits per heavy atom. The number of unbranched alkanes of at least 4 members (excludes halogenated alkanes) is 4. The molecule has 0 bridgehead atoms. The second-order valence-corrected chi connectivity index (χ2v) is 8.04. The molecule has 0 unspecified atom stereocenters. The molecule has 0 aliphatic heterocycles. The predicted molar refractivity (Wildman–Crippen MR) is 133 cm³/mol. The maximum absolute atomic E-state index is 11.6. The number of carboxylic acids is 1. The average Bonchev–Trinajstić information content (AvgIpc) is 2.86. The number of carbonyl (C=O) groups is 3. The fraction of sp³-hybridized carbons (Fsp3) is 0.880. The van der Waals surface area contributed by atoms with Gasteiger partial charge >= 0.3 is 11.9 Å². The van der Waals surface area contributed by atoms with E-state index >= 15 is 0 Å². The first-order chi connectivity index (χ1) is 17.6. The molecule has 1 amide bonds. The first-order valence-corrected chi connectivity index (χ1v) is 13.1. The topological polar surface area (TPSA) is 139 Å². The highest BCUT2D eigenvalue weighted by Gasteiger charge is 2.04. The molecule has 0 saturated heterocycles. The summed E-state index contributed by atoms with van der Waals surface area (Å²) in [5, 5.41) is 11.1. The lowest BCUT2D eigenvalue weighted by molar-refractivity contribution is -0.145. The fourth-order valence-electron chi connectivity index (χ4n) is 2.85. The molecule has 0 aromatic carbocycles. The molecule has 0 radical (unpaired) electrons. The van der Waals surface area contributed by atoms with Crippen molar-refractivity contribution in [3.05, 3.63) is 0 Å². The highest BCUT2D eigenvalue weighted by molar-refractivity contribution is 5.80. The standard InChI is InChI=1S/C25H47NO10/c1-2-3-4-5-6-8-25(30)36-22-21-35-20-19-34-18-17-33-16-15-32-14-13-31-12-7-11-26-23(27)9-10-24(28)29/h2-22H2,1H3,(H,26,27)(H,28,29). The molecule has 2 N–H and O–H groups in total. The first-order valence-electron chi connectivity index (χ1n) is 13.1. The zero-order valence-corrected chi connectivity index (χ0v) is 22.0. The van der Waals surface area contributed by atoms with Crippen LogP contribution in [0, 0.1) is 0 Å². The lowest BCUT2D eigenvalue weighted by Crippen LogP contribution is -2.25. The maximum Gasteiger partial charge on any atom is 0.305 e. The van der Waals surface area contributed by atoms with Crippen LogP contribution in [0.4, 0.5) is 0 Å². The van der Waals surface area contributed by atoms with Gasteiger partial charge in [0.05, 0.1) is 65.9 Å². The zero-order valence-electron chi connectivity index (χ0n) is 22.0.